The molecule has 2 rings (SSSR count). The SMILES string of the molecule is CCOc1cccc(C(Nc2cccc(C)c2)C(N)=O)c1. The van der Waals surface area contributed by atoms with Gasteiger partial charge in [-0.2, -0.15) is 0 Å². The molecule has 110 valence electrons. The van der Waals surface area contributed by atoms with Crippen LogP contribution in [0.25, 0.3) is 0 Å². The Morgan fingerprint density at radius 3 is 2.67 bits per heavy atom. The molecule has 0 bridgehead atoms. The summed E-state index contributed by atoms with van der Waals surface area (Å²) in [6, 6.07) is 14.6. The number of nitrogens with two attached hydrogens (primary N) is 1. The first kappa shape index (κ1) is 14.9. The van der Waals surface area contributed by atoms with Crippen molar-refractivity contribution in [2.24, 2.45) is 5.73 Å². The lowest BCUT2D eigenvalue weighted by Crippen LogP contribution is -2.27. The van der Waals surface area contributed by atoms with Gasteiger partial charge in [0.1, 0.15) is 11.8 Å². The van der Waals surface area contributed by atoms with E-state index in [1.54, 1.807) is 0 Å². The number of aryl methyl sites for hydroxylation is 1. The number of carbonyl (C=O) groups excluding carboxylic acids is 1. The van der Waals surface area contributed by atoms with Gasteiger partial charge in [-0.1, -0.05) is 24.3 Å². The van der Waals surface area contributed by atoms with Crippen molar-refractivity contribution < 1.29 is 9.53 Å². The van der Waals surface area contributed by atoms with E-state index in [1.807, 2.05) is 62.4 Å². The van der Waals surface area contributed by atoms with Gasteiger partial charge in [-0.25, -0.2) is 0 Å². The van der Waals surface area contributed by atoms with E-state index in [-0.39, 0.29) is 0 Å². The summed E-state index contributed by atoms with van der Waals surface area (Å²) in [4.78, 5) is 11.8. The van der Waals surface area contributed by atoms with Gasteiger partial charge in [0.15, 0.2) is 0 Å². The highest BCUT2D eigenvalue weighted by Gasteiger charge is 2.18. The van der Waals surface area contributed by atoms with E-state index in [0.29, 0.717) is 6.61 Å². The van der Waals surface area contributed by atoms with Crippen LogP contribution in [0.3, 0.4) is 0 Å². The number of amides is 1. The van der Waals surface area contributed by atoms with Crippen molar-refractivity contribution in [3.63, 3.8) is 0 Å². The molecule has 2 aromatic rings. The molecule has 21 heavy (non-hydrogen) atoms. The van der Waals surface area contributed by atoms with Crippen LogP contribution in [-0.2, 0) is 4.79 Å². The Morgan fingerprint density at radius 1 is 1.24 bits per heavy atom. The minimum atomic E-state index is -0.591. The van der Waals surface area contributed by atoms with E-state index in [9.17, 15) is 4.79 Å². The number of primary amides is 1. The quantitative estimate of drug-likeness (QED) is 0.857. The Morgan fingerprint density at radius 2 is 2.00 bits per heavy atom. The van der Waals surface area contributed by atoms with Gasteiger partial charge in [0.2, 0.25) is 5.91 Å². The average molecular weight is 284 g/mol. The molecular formula is C17H20N2O2. The lowest BCUT2D eigenvalue weighted by Gasteiger charge is -2.18. The van der Waals surface area contributed by atoms with Crippen molar-refractivity contribution in [2.75, 3.05) is 11.9 Å². The Bertz CT molecular complexity index is 626. The number of hydrogen-bond donors (Lipinski definition) is 2. The molecule has 0 saturated carbocycles. The zero-order chi connectivity index (χ0) is 15.2. The first-order valence-corrected chi connectivity index (χ1v) is 6.95. The summed E-state index contributed by atoms with van der Waals surface area (Å²) in [6.45, 7) is 4.50. The van der Waals surface area contributed by atoms with Gasteiger partial charge in [-0.15, -0.1) is 0 Å². The fourth-order valence-corrected chi connectivity index (χ4v) is 2.17. The third-order valence-corrected chi connectivity index (χ3v) is 3.12. The van der Waals surface area contributed by atoms with Crippen LogP contribution >= 0.6 is 0 Å². The minimum Gasteiger partial charge on any atom is -0.494 e. The van der Waals surface area contributed by atoms with Crippen LogP contribution in [0.1, 0.15) is 24.1 Å². The first-order chi connectivity index (χ1) is 10.1. The number of nitrogens with one attached hydrogen (secondary N) is 1. The Hall–Kier alpha value is -2.49. The van der Waals surface area contributed by atoms with E-state index in [0.717, 1.165) is 22.6 Å². The van der Waals surface area contributed by atoms with Crippen molar-refractivity contribution in [3.8, 4) is 5.75 Å². The molecule has 3 N–H and O–H groups in total. The maximum absolute atomic E-state index is 11.8. The molecule has 0 aliphatic heterocycles. The summed E-state index contributed by atoms with van der Waals surface area (Å²) in [6.07, 6.45) is 0. The molecule has 0 aromatic heterocycles. The van der Waals surface area contributed by atoms with Gasteiger partial charge in [-0.05, 0) is 49.2 Å². The molecule has 0 aliphatic carbocycles. The van der Waals surface area contributed by atoms with Crippen LogP contribution in [0.4, 0.5) is 5.69 Å². The minimum absolute atomic E-state index is 0.426. The van der Waals surface area contributed by atoms with Crippen LogP contribution in [0.2, 0.25) is 0 Å². The molecular weight excluding hydrogens is 264 g/mol. The Kier molecular flexibility index (Phi) is 4.82. The highest BCUT2D eigenvalue weighted by atomic mass is 16.5. The highest BCUT2D eigenvalue weighted by molar-refractivity contribution is 5.84. The zero-order valence-electron chi connectivity index (χ0n) is 12.3. The monoisotopic (exact) mass is 284 g/mol. The van der Waals surface area contributed by atoms with Gasteiger partial charge < -0.3 is 15.8 Å². The van der Waals surface area contributed by atoms with E-state index >= 15 is 0 Å². The van der Waals surface area contributed by atoms with Gasteiger partial charge in [-0.3, -0.25) is 4.79 Å². The van der Waals surface area contributed by atoms with Crippen molar-refractivity contribution in [3.05, 3.63) is 59.7 Å². The third kappa shape index (κ3) is 3.99. The van der Waals surface area contributed by atoms with Crippen LogP contribution in [0, 0.1) is 6.92 Å². The molecule has 0 spiro atoms. The second-order valence-corrected chi connectivity index (χ2v) is 4.85. The molecule has 0 radical (unpaired) electrons. The standard InChI is InChI=1S/C17H20N2O2/c1-3-21-15-9-5-7-13(11-15)16(17(18)20)19-14-8-4-6-12(2)10-14/h4-11,16,19H,3H2,1-2H3,(H2,18,20). The van der Waals surface area contributed by atoms with E-state index in [1.165, 1.54) is 0 Å². The highest BCUT2D eigenvalue weighted by Crippen LogP contribution is 2.23. The van der Waals surface area contributed by atoms with Crippen LogP contribution in [0.5, 0.6) is 5.75 Å². The van der Waals surface area contributed by atoms with Gasteiger partial charge in [0, 0.05) is 5.69 Å². The lowest BCUT2D eigenvalue weighted by molar-refractivity contribution is -0.118. The lowest BCUT2D eigenvalue weighted by atomic mass is 10.1. The number of ether oxygens (including phenoxy) is 1. The van der Waals surface area contributed by atoms with Crippen molar-refractivity contribution >= 4 is 11.6 Å². The number of rotatable bonds is 6. The number of carbonyl (C=O) groups is 1. The van der Waals surface area contributed by atoms with Crippen LogP contribution in [-0.4, -0.2) is 12.5 Å². The molecule has 2 aromatic carbocycles. The Balaban J connectivity index is 2.26. The summed E-state index contributed by atoms with van der Waals surface area (Å²) < 4.78 is 5.47. The molecule has 0 saturated heterocycles. The maximum Gasteiger partial charge on any atom is 0.244 e. The molecule has 4 nitrogen and oxygen atoms in total. The van der Waals surface area contributed by atoms with E-state index in [2.05, 4.69) is 5.32 Å². The molecule has 0 aliphatic rings. The summed E-state index contributed by atoms with van der Waals surface area (Å²) in [7, 11) is 0. The summed E-state index contributed by atoms with van der Waals surface area (Å²) >= 11 is 0. The molecule has 0 fully saturated rings. The topological polar surface area (TPSA) is 64.3 Å². The van der Waals surface area contributed by atoms with Crippen molar-refractivity contribution in [2.45, 2.75) is 19.9 Å². The van der Waals surface area contributed by atoms with Crippen molar-refractivity contribution in [1.82, 2.24) is 0 Å². The van der Waals surface area contributed by atoms with E-state index < -0.39 is 11.9 Å². The van der Waals surface area contributed by atoms with Crippen LogP contribution < -0.4 is 15.8 Å². The van der Waals surface area contributed by atoms with Gasteiger partial charge >= 0.3 is 0 Å². The first-order valence-electron chi connectivity index (χ1n) is 6.95. The molecule has 1 unspecified atom stereocenters. The molecule has 4 heteroatoms. The van der Waals surface area contributed by atoms with Crippen molar-refractivity contribution in [1.29, 1.82) is 0 Å². The third-order valence-electron chi connectivity index (χ3n) is 3.12. The van der Waals surface area contributed by atoms with E-state index in [4.69, 9.17) is 10.5 Å². The van der Waals surface area contributed by atoms with Gasteiger partial charge in [0.25, 0.3) is 0 Å². The van der Waals surface area contributed by atoms with Crippen LogP contribution in [0.15, 0.2) is 48.5 Å². The zero-order valence-corrected chi connectivity index (χ0v) is 12.3. The predicted octanol–water partition coefficient (Wildman–Crippen LogP) is 3.03. The number of anilines is 1. The second-order valence-electron chi connectivity index (χ2n) is 4.85. The fourth-order valence-electron chi connectivity index (χ4n) is 2.17. The van der Waals surface area contributed by atoms with Gasteiger partial charge in [0.05, 0.1) is 6.61 Å². The second kappa shape index (κ2) is 6.79. The number of benzene rings is 2. The molecule has 1 amide bonds. The summed E-state index contributed by atoms with van der Waals surface area (Å²) in [5.41, 5.74) is 8.30. The Labute approximate surface area is 124 Å². The number of hydrogen-bond acceptors (Lipinski definition) is 3. The molecule has 0 heterocycles. The smallest absolute Gasteiger partial charge is 0.244 e. The fraction of sp³-hybridized carbons (Fsp3) is 0.235. The summed E-state index contributed by atoms with van der Waals surface area (Å²) in [5.74, 6) is 0.303. The maximum atomic E-state index is 11.8. The normalized spacial score (nSPS) is 11.7. The summed E-state index contributed by atoms with van der Waals surface area (Å²) in [5, 5.41) is 3.17. The molecule has 1 atom stereocenters. The average Bonchev–Trinajstić information content (AvgIpc) is 2.45. The predicted molar refractivity (Wildman–Crippen MR) is 84.3 cm³/mol. The largest absolute Gasteiger partial charge is 0.494 e.